The predicted molar refractivity (Wildman–Crippen MR) is 128 cm³/mol. The first-order valence-corrected chi connectivity index (χ1v) is 11.4. The predicted octanol–water partition coefficient (Wildman–Crippen LogP) is 4.84. The van der Waals surface area contributed by atoms with Crippen LogP contribution in [0.2, 0.25) is 0 Å². The molecule has 0 spiro atoms. The van der Waals surface area contributed by atoms with Gasteiger partial charge < -0.3 is 4.90 Å². The molecule has 2 aliphatic heterocycles. The molecule has 2 unspecified atom stereocenters. The van der Waals surface area contributed by atoms with Crippen molar-refractivity contribution in [3.8, 4) is 0 Å². The molecule has 0 saturated carbocycles. The summed E-state index contributed by atoms with van der Waals surface area (Å²) in [5, 5.41) is 14.8. The zero-order valence-corrected chi connectivity index (χ0v) is 19.4. The summed E-state index contributed by atoms with van der Waals surface area (Å²) in [7, 11) is 1.83. The number of nitrogens with zero attached hydrogens (tertiary/aromatic N) is 3. The third kappa shape index (κ3) is 3.23. The Balaban J connectivity index is 1.80. The van der Waals surface area contributed by atoms with Crippen LogP contribution in [0.1, 0.15) is 43.9 Å². The van der Waals surface area contributed by atoms with Gasteiger partial charge in [0.1, 0.15) is 12.1 Å². The van der Waals surface area contributed by atoms with E-state index in [1.54, 1.807) is 4.90 Å². The van der Waals surface area contributed by atoms with Crippen LogP contribution in [0.15, 0.2) is 72.8 Å². The molecular formula is C27H29N3O3. The highest BCUT2D eigenvalue weighted by molar-refractivity contribution is 5.89. The summed E-state index contributed by atoms with van der Waals surface area (Å²) < 4.78 is 0. The number of benzene rings is 3. The van der Waals surface area contributed by atoms with Gasteiger partial charge in [0.15, 0.2) is 0 Å². The second-order valence-corrected chi connectivity index (χ2v) is 10.3. The highest BCUT2D eigenvalue weighted by Gasteiger charge is 2.67. The van der Waals surface area contributed by atoms with Gasteiger partial charge in [-0.2, -0.15) is 0 Å². The Morgan fingerprint density at radius 1 is 0.879 bits per heavy atom. The van der Waals surface area contributed by atoms with Gasteiger partial charge in [-0.3, -0.25) is 19.8 Å². The summed E-state index contributed by atoms with van der Waals surface area (Å²) >= 11 is 0. The van der Waals surface area contributed by atoms with Gasteiger partial charge in [0.2, 0.25) is 11.9 Å². The number of rotatable bonds is 3. The molecule has 2 heterocycles. The molecule has 5 rings (SSSR count). The van der Waals surface area contributed by atoms with Gasteiger partial charge in [0, 0.05) is 12.0 Å². The average Bonchev–Trinajstić information content (AvgIpc) is 3.26. The molecule has 2 fully saturated rings. The van der Waals surface area contributed by atoms with E-state index in [2.05, 4.69) is 25.7 Å². The fourth-order valence-corrected chi connectivity index (χ4v) is 6.21. The molecule has 0 aromatic heterocycles. The van der Waals surface area contributed by atoms with Crippen molar-refractivity contribution in [2.24, 2.45) is 5.41 Å². The Bertz CT molecular complexity index is 1210. The maximum atomic E-state index is 13.7. The minimum atomic E-state index is -0.939. The Morgan fingerprint density at radius 2 is 1.52 bits per heavy atom. The molecule has 1 amide bonds. The Labute approximate surface area is 194 Å². The Morgan fingerprint density at radius 3 is 2.18 bits per heavy atom. The lowest BCUT2D eigenvalue weighted by atomic mass is 9.83. The molecule has 3 aromatic carbocycles. The maximum absolute atomic E-state index is 13.7. The van der Waals surface area contributed by atoms with Gasteiger partial charge in [-0.05, 0) is 27.3 Å². The summed E-state index contributed by atoms with van der Waals surface area (Å²) in [4.78, 5) is 30.2. The molecule has 0 N–H and O–H groups in total. The van der Waals surface area contributed by atoms with Gasteiger partial charge >= 0.3 is 0 Å². The van der Waals surface area contributed by atoms with Crippen molar-refractivity contribution in [1.29, 1.82) is 0 Å². The van der Waals surface area contributed by atoms with Gasteiger partial charge in [-0.1, -0.05) is 93.6 Å². The molecule has 170 valence electrons. The Kier molecular flexibility index (Phi) is 5.01. The molecule has 33 heavy (non-hydrogen) atoms. The second kappa shape index (κ2) is 7.66. The van der Waals surface area contributed by atoms with Crippen LogP contribution in [-0.2, 0) is 4.79 Å². The first-order valence-electron chi connectivity index (χ1n) is 11.4. The SMILES string of the molecule is CN1C(=O)C2[C@@H](c3ccccc3)[C@H]([N+](=O)[O-])[C@@H](c3cccc4ccccc34)N2C1C(C)(C)C. The molecule has 0 aliphatic carbocycles. The van der Waals surface area contributed by atoms with E-state index in [-0.39, 0.29) is 22.4 Å². The maximum Gasteiger partial charge on any atom is 0.241 e. The summed E-state index contributed by atoms with van der Waals surface area (Å²) in [6, 6.07) is 21.5. The quantitative estimate of drug-likeness (QED) is 0.429. The van der Waals surface area contributed by atoms with E-state index >= 15 is 0 Å². The molecule has 0 radical (unpaired) electrons. The van der Waals surface area contributed by atoms with Gasteiger partial charge in [-0.15, -0.1) is 0 Å². The third-order valence-electron chi connectivity index (χ3n) is 7.27. The summed E-state index contributed by atoms with van der Waals surface area (Å²) in [5.41, 5.74) is 1.47. The molecule has 0 bridgehead atoms. The topological polar surface area (TPSA) is 66.7 Å². The summed E-state index contributed by atoms with van der Waals surface area (Å²) in [6.07, 6.45) is -0.255. The minimum absolute atomic E-state index is 0.0432. The van der Waals surface area contributed by atoms with Gasteiger partial charge in [-0.25, -0.2) is 0 Å². The van der Waals surface area contributed by atoms with Gasteiger partial charge in [0.05, 0.1) is 12.1 Å². The van der Waals surface area contributed by atoms with Crippen LogP contribution in [0.5, 0.6) is 0 Å². The smallest absolute Gasteiger partial charge is 0.241 e. The zero-order valence-electron chi connectivity index (χ0n) is 19.4. The van der Waals surface area contributed by atoms with E-state index in [4.69, 9.17) is 0 Å². The van der Waals surface area contributed by atoms with Crippen LogP contribution < -0.4 is 0 Å². The normalized spacial score (nSPS) is 27.8. The van der Waals surface area contributed by atoms with Crippen LogP contribution in [0.3, 0.4) is 0 Å². The molecular weight excluding hydrogens is 414 g/mol. The van der Waals surface area contributed by atoms with Gasteiger partial charge in [0.25, 0.3) is 0 Å². The van der Waals surface area contributed by atoms with Crippen molar-refractivity contribution < 1.29 is 9.72 Å². The summed E-state index contributed by atoms with van der Waals surface area (Å²) in [5.74, 6) is -0.578. The number of hydrogen-bond donors (Lipinski definition) is 0. The van der Waals surface area contributed by atoms with E-state index in [1.807, 2.05) is 79.8 Å². The van der Waals surface area contributed by atoms with Crippen molar-refractivity contribution in [1.82, 2.24) is 9.80 Å². The first kappa shape index (κ1) is 21.6. The fourth-order valence-electron chi connectivity index (χ4n) is 6.21. The zero-order chi connectivity index (χ0) is 23.5. The lowest BCUT2D eigenvalue weighted by Crippen LogP contribution is -2.49. The number of nitro groups is 1. The lowest BCUT2D eigenvalue weighted by Gasteiger charge is -2.40. The molecule has 2 aliphatic rings. The highest BCUT2D eigenvalue weighted by atomic mass is 16.6. The largest absolute Gasteiger partial charge is 0.328 e. The minimum Gasteiger partial charge on any atom is -0.328 e. The number of carbonyl (C=O) groups is 1. The first-order chi connectivity index (χ1) is 15.7. The standard InChI is InChI=1S/C27H29N3O3/c1-27(2,3)26-28(4)25(31)24-21(18-12-6-5-7-13-18)23(30(32)33)22(29(24)26)20-16-10-14-17-11-8-9-15-19(17)20/h5-16,21-24,26H,1-4H3/t21-,22+,23-,24?,26?/m0/s1. The van der Waals surface area contributed by atoms with E-state index in [0.29, 0.717) is 0 Å². The molecule has 6 nitrogen and oxygen atoms in total. The lowest BCUT2D eigenvalue weighted by molar-refractivity contribution is -0.529. The van der Waals surface area contributed by atoms with Crippen molar-refractivity contribution in [2.45, 2.75) is 51.0 Å². The van der Waals surface area contributed by atoms with Crippen LogP contribution in [0.4, 0.5) is 0 Å². The number of carbonyl (C=O) groups excluding carboxylic acids is 1. The molecule has 6 heteroatoms. The highest BCUT2D eigenvalue weighted by Crippen LogP contribution is 2.54. The number of hydrogen-bond acceptors (Lipinski definition) is 4. The summed E-state index contributed by atoms with van der Waals surface area (Å²) in [6.45, 7) is 6.29. The average molecular weight is 444 g/mol. The third-order valence-corrected chi connectivity index (χ3v) is 7.27. The Hall–Kier alpha value is -3.25. The van der Waals surface area contributed by atoms with E-state index in [9.17, 15) is 14.9 Å². The molecule has 2 saturated heterocycles. The van der Waals surface area contributed by atoms with Crippen LogP contribution in [0, 0.1) is 15.5 Å². The molecule has 5 atom stereocenters. The second-order valence-electron chi connectivity index (χ2n) is 10.3. The number of likely N-dealkylation sites (N-methyl/N-ethyl adjacent to an activating group) is 1. The number of fused-ring (bicyclic) bond motifs is 2. The van der Waals surface area contributed by atoms with Crippen LogP contribution in [0.25, 0.3) is 10.8 Å². The van der Waals surface area contributed by atoms with Crippen molar-refractivity contribution in [3.63, 3.8) is 0 Å². The van der Waals surface area contributed by atoms with E-state index in [1.165, 1.54) is 0 Å². The van der Waals surface area contributed by atoms with Crippen LogP contribution >= 0.6 is 0 Å². The van der Waals surface area contributed by atoms with E-state index < -0.39 is 24.0 Å². The molecule has 3 aromatic rings. The van der Waals surface area contributed by atoms with Crippen molar-refractivity contribution >= 4 is 16.7 Å². The van der Waals surface area contributed by atoms with Crippen LogP contribution in [-0.4, -0.2) is 45.9 Å². The number of amides is 1. The van der Waals surface area contributed by atoms with E-state index in [0.717, 1.165) is 21.9 Å². The monoisotopic (exact) mass is 443 g/mol. The van der Waals surface area contributed by atoms with Crippen molar-refractivity contribution in [3.05, 3.63) is 94.0 Å². The van der Waals surface area contributed by atoms with Crippen molar-refractivity contribution in [2.75, 3.05) is 7.05 Å². The fraction of sp³-hybridized carbons (Fsp3) is 0.370.